The molecule has 0 saturated heterocycles. The Labute approximate surface area is 83.9 Å². The van der Waals surface area contributed by atoms with Gasteiger partial charge in [0.1, 0.15) is 0 Å². The molecule has 76 valence electrons. The van der Waals surface area contributed by atoms with Gasteiger partial charge in [0, 0.05) is 25.0 Å². The molecule has 14 heavy (non-hydrogen) atoms. The lowest BCUT2D eigenvalue weighted by molar-refractivity contribution is 0.302. The number of aliphatic hydroxyl groups is 1. The van der Waals surface area contributed by atoms with Gasteiger partial charge in [0.2, 0.25) is 5.95 Å². The summed E-state index contributed by atoms with van der Waals surface area (Å²) >= 11 is 0. The fourth-order valence-electron chi connectivity index (χ4n) is 1.14. The molecule has 0 aromatic carbocycles. The number of hydrogen-bond acceptors (Lipinski definition) is 4. The van der Waals surface area contributed by atoms with Gasteiger partial charge < -0.3 is 10.0 Å². The Morgan fingerprint density at radius 2 is 2.43 bits per heavy atom. The zero-order chi connectivity index (χ0) is 10.4. The summed E-state index contributed by atoms with van der Waals surface area (Å²) in [6, 6.07) is 1.84. The molecule has 0 spiro atoms. The molecule has 0 amide bonds. The van der Waals surface area contributed by atoms with Crippen LogP contribution in [-0.2, 0) is 0 Å². The van der Waals surface area contributed by atoms with Crippen molar-refractivity contribution in [3.8, 4) is 0 Å². The summed E-state index contributed by atoms with van der Waals surface area (Å²) < 4.78 is 0. The third-order valence-corrected chi connectivity index (χ3v) is 1.78. The summed E-state index contributed by atoms with van der Waals surface area (Å²) in [5.41, 5.74) is 0.919. The number of hydrogen-bond donors (Lipinski definition) is 1. The summed E-state index contributed by atoms with van der Waals surface area (Å²) in [6.45, 7) is 6.82. The number of anilines is 1. The van der Waals surface area contributed by atoms with Gasteiger partial charge in [0.25, 0.3) is 0 Å². The molecular formula is C10H15N3O. The van der Waals surface area contributed by atoms with E-state index in [4.69, 9.17) is 5.11 Å². The molecule has 0 aliphatic carbocycles. The van der Waals surface area contributed by atoms with Crippen molar-refractivity contribution >= 4 is 5.95 Å². The fraction of sp³-hybridized carbons (Fsp3) is 0.400. The van der Waals surface area contributed by atoms with E-state index < -0.39 is 0 Å². The monoisotopic (exact) mass is 193 g/mol. The van der Waals surface area contributed by atoms with E-state index in [9.17, 15) is 0 Å². The fourth-order valence-corrected chi connectivity index (χ4v) is 1.14. The Hall–Kier alpha value is -1.42. The summed E-state index contributed by atoms with van der Waals surface area (Å²) in [4.78, 5) is 10.3. The first-order valence-corrected chi connectivity index (χ1v) is 4.54. The lowest BCUT2D eigenvalue weighted by atomic mass is 10.4. The summed E-state index contributed by atoms with van der Waals surface area (Å²) in [5.74, 6) is 0.638. The van der Waals surface area contributed by atoms with E-state index in [1.807, 2.05) is 17.9 Å². The first-order valence-electron chi connectivity index (χ1n) is 4.54. The van der Waals surface area contributed by atoms with E-state index in [0.29, 0.717) is 19.0 Å². The van der Waals surface area contributed by atoms with Crippen LogP contribution < -0.4 is 4.90 Å². The molecule has 1 aromatic heterocycles. The van der Waals surface area contributed by atoms with Gasteiger partial charge in [-0.15, -0.1) is 6.58 Å². The van der Waals surface area contributed by atoms with Crippen LogP contribution in [0.5, 0.6) is 0 Å². The van der Waals surface area contributed by atoms with Crippen LogP contribution in [0.1, 0.15) is 5.69 Å². The standard InChI is InChI=1S/C10H15N3O/c1-3-6-13(7-8-14)10-11-5-4-9(2)12-10/h3-5,14H,1,6-8H2,2H3. The Bertz CT molecular complexity index is 301. The second kappa shape index (κ2) is 5.34. The molecule has 0 saturated carbocycles. The number of nitrogens with zero attached hydrogens (tertiary/aromatic N) is 3. The van der Waals surface area contributed by atoms with Gasteiger partial charge in [-0.3, -0.25) is 0 Å². The summed E-state index contributed by atoms with van der Waals surface area (Å²) in [6.07, 6.45) is 3.48. The van der Waals surface area contributed by atoms with Gasteiger partial charge in [0.05, 0.1) is 6.61 Å². The van der Waals surface area contributed by atoms with Crippen molar-refractivity contribution in [2.45, 2.75) is 6.92 Å². The van der Waals surface area contributed by atoms with Crippen LogP contribution in [0.2, 0.25) is 0 Å². The molecule has 0 fully saturated rings. The predicted molar refractivity (Wildman–Crippen MR) is 56.3 cm³/mol. The second-order valence-electron chi connectivity index (χ2n) is 2.96. The van der Waals surface area contributed by atoms with Crippen molar-refractivity contribution < 1.29 is 5.11 Å². The topological polar surface area (TPSA) is 49.2 Å². The number of aliphatic hydroxyl groups excluding tert-OH is 1. The van der Waals surface area contributed by atoms with Crippen LogP contribution in [0.25, 0.3) is 0 Å². The minimum Gasteiger partial charge on any atom is -0.395 e. The van der Waals surface area contributed by atoms with E-state index in [1.165, 1.54) is 0 Å². The average molecular weight is 193 g/mol. The second-order valence-corrected chi connectivity index (χ2v) is 2.96. The maximum Gasteiger partial charge on any atom is 0.225 e. The van der Waals surface area contributed by atoms with Crippen molar-refractivity contribution in [3.63, 3.8) is 0 Å². The third-order valence-electron chi connectivity index (χ3n) is 1.78. The zero-order valence-electron chi connectivity index (χ0n) is 8.35. The molecule has 0 bridgehead atoms. The van der Waals surface area contributed by atoms with Crippen molar-refractivity contribution in [2.24, 2.45) is 0 Å². The first kappa shape index (κ1) is 10.7. The highest BCUT2D eigenvalue weighted by Crippen LogP contribution is 2.06. The highest BCUT2D eigenvalue weighted by molar-refractivity contribution is 5.30. The average Bonchev–Trinajstić information content (AvgIpc) is 2.17. The van der Waals surface area contributed by atoms with Crippen LogP contribution in [0, 0.1) is 6.92 Å². The lowest BCUT2D eigenvalue weighted by Gasteiger charge is -2.19. The maximum absolute atomic E-state index is 8.86. The highest BCUT2D eigenvalue weighted by Gasteiger charge is 2.06. The lowest BCUT2D eigenvalue weighted by Crippen LogP contribution is -2.28. The van der Waals surface area contributed by atoms with Crippen LogP contribution in [-0.4, -0.2) is 34.8 Å². The number of rotatable bonds is 5. The highest BCUT2D eigenvalue weighted by atomic mass is 16.3. The number of aryl methyl sites for hydroxylation is 1. The van der Waals surface area contributed by atoms with Gasteiger partial charge >= 0.3 is 0 Å². The van der Waals surface area contributed by atoms with Crippen molar-refractivity contribution in [1.29, 1.82) is 0 Å². The van der Waals surface area contributed by atoms with Gasteiger partial charge in [-0.1, -0.05) is 6.08 Å². The predicted octanol–water partition coefficient (Wildman–Crippen LogP) is 0.770. The Kier molecular flexibility index (Phi) is 4.07. The molecule has 1 aromatic rings. The number of aromatic nitrogens is 2. The Morgan fingerprint density at radius 3 is 3.00 bits per heavy atom. The largest absolute Gasteiger partial charge is 0.395 e. The maximum atomic E-state index is 8.86. The molecule has 1 N–H and O–H groups in total. The van der Waals surface area contributed by atoms with Crippen molar-refractivity contribution in [1.82, 2.24) is 9.97 Å². The summed E-state index contributed by atoms with van der Waals surface area (Å²) in [5, 5.41) is 8.86. The van der Waals surface area contributed by atoms with Crippen LogP contribution >= 0.6 is 0 Å². The molecule has 0 atom stereocenters. The molecule has 0 unspecified atom stereocenters. The van der Waals surface area contributed by atoms with Crippen LogP contribution in [0.15, 0.2) is 24.9 Å². The van der Waals surface area contributed by atoms with E-state index in [0.717, 1.165) is 5.69 Å². The molecular weight excluding hydrogens is 178 g/mol. The van der Waals surface area contributed by atoms with Crippen molar-refractivity contribution in [3.05, 3.63) is 30.6 Å². The van der Waals surface area contributed by atoms with E-state index in [1.54, 1.807) is 12.3 Å². The molecule has 0 radical (unpaired) electrons. The molecule has 1 rings (SSSR count). The van der Waals surface area contributed by atoms with Gasteiger partial charge in [0.15, 0.2) is 0 Å². The van der Waals surface area contributed by atoms with Gasteiger partial charge in [-0.05, 0) is 13.0 Å². The van der Waals surface area contributed by atoms with E-state index in [-0.39, 0.29) is 6.61 Å². The zero-order valence-corrected chi connectivity index (χ0v) is 8.35. The first-order chi connectivity index (χ1) is 6.77. The van der Waals surface area contributed by atoms with E-state index >= 15 is 0 Å². The normalized spacial score (nSPS) is 9.86. The molecule has 0 aliphatic rings. The van der Waals surface area contributed by atoms with Crippen LogP contribution in [0.3, 0.4) is 0 Å². The summed E-state index contributed by atoms with van der Waals surface area (Å²) in [7, 11) is 0. The van der Waals surface area contributed by atoms with Gasteiger partial charge in [-0.2, -0.15) is 0 Å². The van der Waals surface area contributed by atoms with Gasteiger partial charge in [-0.25, -0.2) is 9.97 Å². The molecule has 4 nitrogen and oxygen atoms in total. The molecule has 0 aliphatic heterocycles. The smallest absolute Gasteiger partial charge is 0.225 e. The molecule has 1 heterocycles. The van der Waals surface area contributed by atoms with E-state index in [2.05, 4.69) is 16.5 Å². The quantitative estimate of drug-likeness (QED) is 0.702. The molecule has 4 heteroatoms. The Balaban J connectivity index is 2.80. The minimum atomic E-state index is 0.0884. The van der Waals surface area contributed by atoms with Crippen LogP contribution in [0.4, 0.5) is 5.95 Å². The minimum absolute atomic E-state index is 0.0884. The third kappa shape index (κ3) is 2.81. The Morgan fingerprint density at radius 1 is 1.64 bits per heavy atom. The SMILES string of the molecule is C=CCN(CCO)c1nccc(C)n1. The van der Waals surface area contributed by atoms with Crippen molar-refractivity contribution in [2.75, 3.05) is 24.6 Å².